The molecule has 18 heavy (non-hydrogen) atoms. The average Bonchev–Trinajstić information content (AvgIpc) is 2.95. The van der Waals surface area contributed by atoms with E-state index in [1.807, 2.05) is 23.6 Å². The van der Waals surface area contributed by atoms with E-state index in [-0.39, 0.29) is 24.5 Å². The summed E-state index contributed by atoms with van der Waals surface area (Å²) in [7, 11) is 0. The van der Waals surface area contributed by atoms with Crippen LogP contribution in [-0.2, 0) is 11.2 Å². The lowest BCUT2D eigenvalue weighted by Crippen LogP contribution is -2.32. The molecule has 1 amide bonds. The van der Waals surface area contributed by atoms with E-state index in [2.05, 4.69) is 5.32 Å². The first-order chi connectivity index (χ1) is 8.67. The summed E-state index contributed by atoms with van der Waals surface area (Å²) in [5.41, 5.74) is 0. The molecule has 1 heterocycles. The highest BCUT2D eigenvalue weighted by Gasteiger charge is 2.19. The second kappa shape index (κ2) is 6.36. The van der Waals surface area contributed by atoms with E-state index in [0.717, 1.165) is 22.7 Å². The van der Waals surface area contributed by atoms with Crippen LogP contribution in [0.4, 0.5) is 0 Å². The van der Waals surface area contributed by atoms with Crippen LogP contribution in [0.25, 0.3) is 0 Å². The Bertz CT molecular complexity index is 444. The zero-order valence-electron chi connectivity index (χ0n) is 9.93. The van der Waals surface area contributed by atoms with Crippen LogP contribution in [0.3, 0.4) is 0 Å². The molecule has 98 valence electrons. The van der Waals surface area contributed by atoms with Gasteiger partial charge in [-0.15, -0.1) is 11.3 Å². The van der Waals surface area contributed by atoms with Crippen molar-refractivity contribution in [3.63, 3.8) is 0 Å². The SMILES string of the molecule is O=C(CCc1cc(Cl)cs1)N[C@@H]1C=C[C@H](CO)C1. The fourth-order valence-electron chi connectivity index (χ4n) is 2.02. The van der Waals surface area contributed by atoms with Crippen LogP contribution in [0, 0.1) is 5.92 Å². The third-order valence-corrected chi connectivity index (χ3v) is 4.32. The van der Waals surface area contributed by atoms with Crippen molar-refractivity contribution in [2.45, 2.75) is 25.3 Å². The number of halogens is 1. The molecule has 0 fully saturated rings. The summed E-state index contributed by atoms with van der Waals surface area (Å²) in [4.78, 5) is 12.9. The second-order valence-corrected chi connectivity index (χ2v) is 5.90. The molecular weight excluding hydrogens is 270 g/mol. The molecule has 1 aliphatic carbocycles. The van der Waals surface area contributed by atoms with Gasteiger partial charge in [-0.1, -0.05) is 23.8 Å². The maximum Gasteiger partial charge on any atom is 0.220 e. The number of nitrogens with one attached hydrogen (secondary N) is 1. The number of hydrogen-bond donors (Lipinski definition) is 2. The average molecular weight is 286 g/mol. The number of carbonyl (C=O) groups excluding carboxylic acids is 1. The van der Waals surface area contributed by atoms with Crippen LogP contribution in [0.15, 0.2) is 23.6 Å². The lowest BCUT2D eigenvalue weighted by Gasteiger charge is -2.12. The van der Waals surface area contributed by atoms with Gasteiger partial charge in [0.05, 0.1) is 5.02 Å². The fraction of sp³-hybridized carbons (Fsp3) is 0.462. The highest BCUT2D eigenvalue weighted by Crippen LogP contribution is 2.21. The molecule has 1 aliphatic rings. The van der Waals surface area contributed by atoms with Crippen molar-refractivity contribution in [1.82, 2.24) is 5.32 Å². The third-order valence-electron chi connectivity index (χ3n) is 2.97. The lowest BCUT2D eigenvalue weighted by molar-refractivity contribution is -0.121. The van der Waals surface area contributed by atoms with E-state index < -0.39 is 0 Å². The quantitative estimate of drug-likeness (QED) is 0.816. The summed E-state index contributed by atoms with van der Waals surface area (Å²) in [5.74, 6) is 0.235. The van der Waals surface area contributed by atoms with Gasteiger partial charge in [0.2, 0.25) is 5.91 Å². The summed E-state index contributed by atoms with van der Waals surface area (Å²) >= 11 is 7.40. The van der Waals surface area contributed by atoms with Crippen molar-refractivity contribution in [2.75, 3.05) is 6.61 Å². The van der Waals surface area contributed by atoms with E-state index in [1.54, 1.807) is 11.3 Å². The molecule has 0 radical (unpaired) electrons. The number of carbonyl (C=O) groups is 1. The number of aliphatic hydroxyl groups is 1. The van der Waals surface area contributed by atoms with Crippen molar-refractivity contribution >= 4 is 28.8 Å². The highest BCUT2D eigenvalue weighted by atomic mass is 35.5. The van der Waals surface area contributed by atoms with E-state index in [1.165, 1.54) is 0 Å². The van der Waals surface area contributed by atoms with Crippen LogP contribution in [0.1, 0.15) is 17.7 Å². The topological polar surface area (TPSA) is 49.3 Å². The molecule has 0 saturated heterocycles. The molecule has 2 rings (SSSR count). The largest absolute Gasteiger partial charge is 0.396 e. The van der Waals surface area contributed by atoms with E-state index in [4.69, 9.17) is 16.7 Å². The van der Waals surface area contributed by atoms with Crippen LogP contribution in [-0.4, -0.2) is 23.7 Å². The number of hydrogen-bond acceptors (Lipinski definition) is 3. The minimum absolute atomic E-state index is 0.0489. The first-order valence-corrected chi connectivity index (χ1v) is 7.24. The van der Waals surface area contributed by atoms with E-state index in [0.29, 0.717) is 6.42 Å². The van der Waals surface area contributed by atoms with Gasteiger partial charge >= 0.3 is 0 Å². The third kappa shape index (κ3) is 3.83. The molecule has 1 aromatic heterocycles. The zero-order valence-corrected chi connectivity index (χ0v) is 11.5. The molecule has 0 aromatic carbocycles. The van der Waals surface area contributed by atoms with Crippen LogP contribution in [0.2, 0.25) is 5.02 Å². The summed E-state index contributed by atoms with van der Waals surface area (Å²) in [6.45, 7) is 0.149. The Morgan fingerprint density at radius 3 is 3.00 bits per heavy atom. The normalized spacial score (nSPS) is 22.3. The van der Waals surface area contributed by atoms with Gasteiger partial charge in [0.15, 0.2) is 0 Å². The Morgan fingerprint density at radius 1 is 1.56 bits per heavy atom. The minimum atomic E-state index is 0.0489. The van der Waals surface area contributed by atoms with Crippen LogP contribution < -0.4 is 5.32 Å². The van der Waals surface area contributed by atoms with Crippen molar-refractivity contribution in [2.24, 2.45) is 5.92 Å². The molecule has 2 N–H and O–H groups in total. The van der Waals surface area contributed by atoms with Crippen molar-refractivity contribution in [1.29, 1.82) is 0 Å². The van der Waals surface area contributed by atoms with Gasteiger partial charge in [-0.25, -0.2) is 0 Å². The molecule has 1 aromatic rings. The summed E-state index contributed by atoms with van der Waals surface area (Å²) < 4.78 is 0. The molecule has 3 nitrogen and oxygen atoms in total. The van der Waals surface area contributed by atoms with E-state index >= 15 is 0 Å². The second-order valence-electron chi connectivity index (χ2n) is 4.47. The Labute approximate surface area is 115 Å². The van der Waals surface area contributed by atoms with Gasteiger partial charge in [-0.05, 0) is 18.9 Å². The Morgan fingerprint density at radius 2 is 2.39 bits per heavy atom. The molecule has 0 aliphatic heterocycles. The smallest absolute Gasteiger partial charge is 0.220 e. The predicted octanol–water partition coefficient (Wildman–Crippen LogP) is 2.39. The summed E-state index contributed by atoms with van der Waals surface area (Å²) in [6.07, 6.45) is 5.92. The van der Waals surface area contributed by atoms with Gasteiger partial charge in [-0.3, -0.25) is 4.79 Å². The molecule has 0 bridgehead atoms. The Kier molecular flexibility index (Phi) is 4.80. The fourth-order valence-corrected chi connectivity index (χ4v) is 3.09. The lowest BCUT2D eigenvalue weighted by atomic mass is 10.1. The number of aliphatic hydroxyl groups excluding tert-OH is 1. The first kappa shape index (κ1) is 13.6. The van der Waals surface area contributed by atoms with Crippen molar-refractivity contribution in [3.05, 3.63) is 33.5 Å². The molecule has 2 atom stereocenters. The van der Waals surface area contributed by atoms with E-state index in [9.17, 15) is 4.79 Å². The molecular formula is C13H16ClNO2S. The molecule has 0 saturated carbocycles. The number of amides is 1. The number of rotatable bonds is 5. The van der Waals surface area contributed by atoms with Gasteiger partial charge in [0.1, 0.15) is 0 Å². The molecule has 0 unspecified atom stereocenters. The summed E-state index contributed by atoms with van der Waals surface area (Å²) in [5, 5.41) is 14.6. The van der Waals surface area contributed by atoms with Gasteiger partial charge in [0, 0.05) is 35.2 Å². The highest BCUT2D eigenvalue weighted by molar-refractivity contribution is 7.10. The first-order valence-electron chi connectivity index (χ1n) is 5.99. The number of aryl methyl sites for hydroxylation is 1. The number of thiophene rings is 1. The standard InChI is InChI=1S/C13H16ClNO2S/c14-10-6-12(18-8-10)3-4-13(17)15-11-2-1-9(5-11)7-16/h1-2,6,8-9,11,16H,3-5,7H2,(H,15,17)/t9-,11+/m0/s1. The van der Waals surface area contributed by atoms with Gasteiger partial charge < -0.3 is 10.4 Å². The Balaban J connectivity index is 1.71. The van der Waals surface area contributed by atoms with Crippen molar-refractivity contribution in [3.8, 4) is 0 Å². The van der Waals surface area contributed by atoms with Crippen LogP contribution in [0.5, 0.6) is 0 Å². The van der Waals surface area contributed by atoms with Gasteiger partial charge in [-0.2, -0.15) is 0 Å². The van der Waals surface area contributed by atoms with Gasteiger partial charge in [0.25, 0.3) is 0 Å². The van der Waals surface area contributed by atoms with Crippen LogP contribution >= 0.6 is 22.9 Å². The molecule has 0 spiro atoms. The maximum absolute atomic E-state index is 11.7. The predicted molar refractivity (Wildman–Crippen MR) is 73.9 cm³/mol. The maximum atomic E-state index is 11.7. The molecule has 5 heteroatoms. The zero-order chi connectivity index (χ0) is 13.0. The summed E-state index contributed by atoms with van der Waals surface area (Å²) in [6, 6.07) is 1.97. The van der Waals surface area contributed by atoms with Crippen molar-refractivity contribution < 1.29 is 9.90 Å². The Hall–Kier alpha value is -0.840. The minimum Gasteiger partial charge on any atom is -0.396 e. The monoisotopic (exact) mass is 285 g/mol.